The Morgan fingerprint density at radius 3 is 2.52 bits per heavy atom. The molecule has 2 heterocycles. The van der Waals surface area contributed by atoms with Gasteiger partial charge in [-0.3, -0.25) is 0 Å². The first-order valence-electron chi connectivity index (χ1n) is 10.4. The van der Waals surface area contributed by atoms with Crippen molar-refractivity contribution in [3.8, 4) is 0 Å². The van der Waals surface area contributed by atoms with Gasteiger partial charge in [-0.05, 0) is 85.9 Å². The van der Waals surface area contributed by atoms with Gasteiger partial charge in [-0.25, -0.2) is 9.35 Å². The van der Waals surface area contributed by atoms with E-state index in [1.54, 1.807) is 0 Å². The quantitative estimate of drug-likeness (QED) is 0.648. The van der Waals surface area contributed by atoms with Crippen molar-refractivity contribution in [3.63, 3.8) is 0 Å². The van der Waals surface area contributed by atoms with Crippen LogP contribution in [0.5, 0.6) is 0 Å². The van der Waals surface area contributed by atoms with Crippen LogP contribution in [-0.2, 0) is 48.6 Å². The Morgan fingerprint density at radius 2 is 1.83 bits per heavy atom. The Labute approximate surface area is 176 Å². The van der Waals surface area contributed by atoms with Crippen LogP contribution in [0.3, 0.4) is 0 Å². The summed E-state index contributed by atoms with van der Waals surface area (Å²) in [4.78, 5) is 3.47. The molecule has 3 aliphatic rings. The summed E-state index contributed by atoms with van der Waals surface area (Å²) in [5.74, 6) is 0. The average molecular weight is 433 g/mol. The molecule has 6 nitrogen and oxygen atoms in total. The van der Waals surface area contributed by atoms with Gasteiger partial charge in [0, 0.05) is 23.7 Å². The van der Waals surface area contributed by atoms with E-state index in [4.69, 9.17) is 5.14 Å². The van der Waals surface area contributed by atoms with E-state index >= 15 is 0 Å². The second kappa shape index (κ2) is 7.35. The van der Waals surface area contributed by atoms with Crippen molar-refractivity contribution in [2.75, 3.05) is 18.9 Å². The van der Waals surface area contributed by atoms with E-state index in [2.05, 4.69) is 27.7 Å². The number of rotatable bonds is 4. The molecule has 1 aliphatic heterocycles. The zero-order chi connectivity index (χ0) is 20.2. The van der Waals surface area contributed by atoms with E-state index < -0.39 is 16.3 Å². The largest absolute Gasteiger partial charge is 0.355 e. The number of likely N-dealkylation sites (N-methyl/N-ethyl adjacent to an activating group) is 1. The smallest absolute Gasteiger partial charge is 0.233 e. The molecule has 156 valence electrons. The highest BCUT2D eigenvalue weighted by Gasteiger charge is 2.26. The lowest BCUT2D eigenvalue weighted by Crippen LogP contribution is -2.25. The normalized spacial score (nSPS) is 21.2. The molecular weight excluding hydrogens is 404 g/mol. The second-order valence-corrected chi connectivity index (χ2v) is 11.6. The zero-order valence-corrected chi connectivity index (χ0v) is 18.4. The van der Waals surface area contributed by atoms with Crippen LogP contribution in [0, 0.1) is 0 Å². The number of benzene rings is 1. The molecule has 0 radical (unpaired) electrons. The monoisotopic (exact) mass is 432 g/mol. The molecule has 2 aliphatic carbocycles. The first-order chi connectivity index (χ1) is 13.9. The van der Waals surface area contributed by atoms with Crippen molar-refractivity contribution >= 4 is 26.9 Å². The second-order valence-electron chi connectivity index (χ2n) is 8.43. The third-order valence-corrected chi connectivity index (χ3v) is 9.53. The number of thiophene rings is 1. The van der Waals surface area contributed by atoms with Crippen LogP contribution in [0.4, 0.5) is 5.69 Å². The summed E-state index contributed by atoms with van der Waals surface area (Å²) in [5, 5.41) is 20.0. The number of nitrogens with one attached hydrogen (secondary N) is 1. The molecule has 0 saturated heterocycles. The van der Waals surface area contributed by atoms with Crippen molar-refractivity contribution < 1.29 is 9.32 Å². The molecule has 1 aromatic heterocycles. The van der Waals surface area contributed by atoms with Gasteiger partial charge in [0.2, 0.25) is 6.35 Å². The predicted octanol–water partition coefficient (Wildman–Crippen LogP) is 2.80. The molecule has 29 heavy (non-hydrogen) atoms. The van der Waals surface area contributed by atoms with Crippen molar-refractivity contribution in [2.45, 2.75) is 62.1 Å². The molecule has 4 N–H and O–H groups in total. The molecule has 5 rings (SSSR count). The Hall–Kier alpha value is -1.45. The summed E-state index contributed by atoms with van der Waals surface area (Å²) in [7, 11) is -1.08. The fourth-order valence-corrected chi connectivity index (χ4v) is 7.50. The molecule has 0 saturated carbocycles. The first-order valence-corrected chi connectivity index (χ1v) is 12.8. The van der Waals surface area contributed by atoms with Crippen LogP contribution in [0.2, 0.25) is 0 Å². The first kappa shape index (κ1) is 19.5. The zero-order valence-electron chi connectivity index (χ0n) is 16.7. The molecule has 1 aromatic carbocycles. The van der Waals surface area contributed by atoms with Crippen LogP contribution in [0.25, 0.3) is 0 Å². The third kappa shape index (κ3) is 3.61. The van der Waals surface area contributed by atoms with Gasteiger partial charge in [-0.1, -0.05) is 6.07 Å². The number of aliphatic hydroxyl groups excluding tert-OH is 1. The maximum Gasteiger partial charge on any atom is 0.233 e. The van der Waals surface area contributed by atoms with Crippen molar-refractivity contribution in [2.24, 2.45) is 9.50 Å². The fourth-order valence-electron chi connectivity index (χ4n) is 4.94. The van der Waals surface area contributed by atoms with Crippen molar-refractivity contribution in [1.82, 2.24) is 4.90 Å². The lowest BCUT2D eigenvalue weighted by atomic mass is 9.99. The van der Waals surface area contributed by atoms with E-state index in [1.807, 2.05) is 6.07 Å². The molecule has 8 heteroatoms. The molecule has 1 unspecified atom stereocenters. The summed E-state index contributed by atoms with van der Waals surface area (Å²) in [6.07, 6.45) is 6.15. The van der Waals surface area contributed by atoms with Gasteiger partial charge in [-0.15, -0.1) is 11.3 Å². The van der Waals surface area contributed by atoms with Crippen LogP contribution < -0.4 is 10.5 Å². The average Bonchev–Trinajstić information content (AvgIpc) is 3.39. The highest BCUT2D eigenvalue weighted by atomic mass is 32.2. The van der Waals surface area contributed by atoms with Gasteiger partial charge in [0.25, 0.3) is 0 Å². The molecule has 2 atom stereocenters. The molecule has 2 aromatic rings. The molecule has 0 amide bonds. The van der Waals surface area contributed by atoms with Crippen LogP contribution in [0.15, 0.2) is 20.7 Å². The van der Waals surface area contributed by atoms with Crippen LogP contribution in [0.1, 0.15) is 45.5 Å². The van der Waals surface area contributed by atoms with E-state index in [1.165, 1.54) is 44.0 Å². The Balaban J connectivity index is 1.44. The summed E-state index contributed by atoms with van der Waals surface area (Å²) in [5.41, 5.74) is 7.52. The van der Waals surface area contributed by atoms with Gasteiger partial charge in [0.05, 0.1) is 0 Å². The number of aliphatic hydroxyl groups is 1. The maximum atomic E-state index is 13.2. The Kier molecular flexibility index (Phi) is 4.95. The predicted molar refractivity (Wildman–Crippen MR) is 118 cm³/mol. The minimum atomic E-state index is -3.16. The minimum Gasteiger partial charge on any atom is -0.355 e. The third-order valence-electron chi connectivity index (χ3n) is 6.33. The summed E-state index contributed by atoms with van der Waals surface area (Å²) in [6, 6.07) is 4.25. The highest BCUT2D eigenvalue weighted by molar-refractivity contribution is 7.93. The maximum absolute atomic E-state index is 13.2. The Morgan fingerprint density at radius 1 is 1.14 bits per heavy atom. The SMILES string of the molecule is CN1CCc2sc(S(N)(=O)=N[C@H](O)Nc3c4c(cc5c3CCC5)CCC4)cc2C1. The van der Waals surface area contributed by atoms with Gasteiger partial charge in [-0.2, -0.15) is 4.36 Å². The fraction of sp³-hybridized carbons (Fsp3) is 0.524. The summed E-state index contributed by atoms with van der Waals surface area (Å²) in [6.45, 7) is 1.83. The minimum absolute atomic E-state index is 0.558. The van der Waals surface area contributed by atoms with Crippen molar-refractivity contribution in [3.05, 3.63) is 44.8 Å². The van der Waals surface area contributed by atoms with E-state index in [-0.39, 0.29) is 0 Å². The van der Waals surface area contributed by atoms with Gasteiger partial charge >= 0.3 is 0 Å². The highest BCUT2D eigenvalue weighted by Crippen LogP contribution is 2.39. The molecular formula is C21H28N4O2S2. The number of fused-ring (bicyclic) bond motifs is 3. The van der Waals surface area contributed by atoms with Crippen LogP contribution in [-0.4, -0.2) is 34.2 Å². The topological polar surface area (TPSA) is 91.0 Å². The van der Waals surface area contributed by atoms with E-state index in [0.29, 0.717) is 4.21 Å². The van der Waals surface area contributed by atoms with Gasteiger partial charge in [0.1, 0.15) is 14.1 Å². The number of aryl methyl sites for hydroxylation is 2. The van der Waals surface area contributed by atoms with Gasteiger partial charge in [0.15, 0.2) is 0 Å². The van der Waals surface area contributed by atoms with Crippen molar-refractivity contribution in [1.29, 1.82) is 0 Å². The lowest BCUT2D eigenvalue weighted by Gasteiger charge is -2.21. The molecule has 0 bridgehead atoms. The van der Waals surface area contributed by atoms with Gasteiger partial charge < -0.3 is 15.3 Å². The number of anilines is 1. The summed E-state index contributed by atoms with van der Waals surface area (Å²) >= 11 is 1.47. The number of hydrogen-bond acceptors (Lipinski definition) is 6. The Bertz CT molecular complexity index is 1050. The number of hydrogen-bond donors (Lipinski definition) is 3. The van der Waals surface area contributed by atoms with Crippen LogP contribution >= 0.6 is 11.3 Å². The van der Waals surface area contributed by atoms with E-state index in [9.17, 15) is 9.32 Å². The number of nitrogens with two attached hydrogens (primary N) is 1. The molecule has 0 fully saturated rings. The van der Waals surface area contributed by atoms with E-state index in [0.717, 1.165) is 63.7 Å². The molecule has 0 spiro atoms. The summed E-state index contributed by atoms with van der Waals surface area (Å²) < 4.78 is 17.9. The number of nitrogens with zero attached hydrogens (tertiary/aromatic N) is 2. The standard InChI is InChI=1S/C21H28N4O2S2/c1-25-9-8-18-15(12-25)11-19(28-18)29(22,27)24-21(26)23-20-16-6-2-4-13(16)10-14-5-3-7-17(14)20/h10-11,21,23,26H,2-9,12H2,1H3,(H2,22,24,27)/t21-,29?/m1/s1. The lowest BCUT2D eigenvalue weighted by molar-refractivity contribution is 0.216.